The second-order valence-corrected chi connectivity index (χ2v) is 10.9. The number of ether oxygens (including phenoxy) is 1. The van der Waals surface area contributed by atoms with E-state index < -0.39 is 33.1 Å². The number of carbonyl (C=O) groups excluding carboxylic acids is 1. The molecule has 0 aliphatic carbocycles. The molecule has 0 unspecified atom stereocenters. The van der Waals surface area contributed by atoms with Crippen LogP contribution in [-0.4, -0.2) is 30.1 Å². The number of cyclic esters (lactones) is 1. The summed E-state index contributed by atoms with van der Waals surface area (Å²) in [6, 6.07) is 15.6. The molecule has 0 saturated carbocycles. The Hall–Kier alpha value is -2.19. The van der Waals surface area contributed by atoms with Crippen LogP contribution in [0.5, 0.6) is 0 Å². The van der Waals surface area contributed by atoms with Crippen molar-refractivity contribution in [2.75, 3.05) is 0 Å². The molecule has 2 aromatic rings. The maximum Gasteiger partial charge on any atom is 0.421 e. The number of aryl methyl sites for hydroxylation is 1. The fourth-order valence-electron chi connectivity index (χ4n) is 2.99. The molecule has 1 amide bonds. The Morgan fingerprint density at radius 2 is 1.68 bits per heavy atom. The van der Waals surface area contributed by atoms with Gasteiger partial charge in [-0.25, -0.2) is 9.10 Å². The zero-order chi connectivity index (χ0) is 20.5. The number of nitrogens with zero attached hydrogens (tertiary/aromatic N) is 2. The van der Waals surface area contributed by atoms with Crippen LogP contribution in [0.2, 0.25) is 0 Å². The highest BCUT2D eigenvalue weighted by Crippen LogP contribution is 2.35. The second kappa shape index (κ2) is 8.05. The SMILES string of the molecule is Cc1ccc(S(=O)(=O)/N=[S@@](\C(C)C)N2C(=O)O[C@@H](c3ccccc3)[C@H]2C)cc1. The highest BCUT2D eigenvalue weighted by molar-refractivity contribution is 7.99. The zero-order valence-corrected chi connectivity index (χ0v) is 17.9. The van der Waals surface area contributed by atoms with Crippen molar-refractivity contribution in [2.45, 2.75) is 50.0 Å². The van der Waals surface area contributed by atoms with Gasteiger partial charge >= 0.3 is 6.09 Å². The predicted molar refractivity (Wildman–Crippen MR) is 110 cm³/mol. The van der Waals surface area contributed by atoms with Gasteiger partial charge in [-0.3, -0.25) is 0 Å². The first-order valence-electron chi connectivity index (χ1n) is 9.03. The fourth-order valence-corrected chi connectivity index (χ4v) is 6.69. The molecule has 1 fully saturated rings. The van der Waals surface area contributed by atoms with E-state index in [1.54, 1.807) is 12.1 Å². The van der Waals surface area contributed by atoms with E-state index in [1.807, 2.05) is 58.0 Å². The van der Waals surface area contributed by atoms with Gasteiger partial charge in [-0.2, -0.15) is 8.42 Å². The second-order valence-electron chi connectivity index (χ2n) is 6.99. The van der Waals surface area contributed by atoms with Crippen LogP contribution >= 0.6 is 0 Å². The topological polar surface area (TPSA) is 76.0 Å². The highest BCUT2D eigenvalue weighted by atomic mass is 32.3. The number of rotatable bonds is 5. The maximum atomic E-state index is 12.8. The minimum Gasteiger partial charge on any atom is -0.438 e. The summed E-state index contributed by atoms with van der Waals surface area (Å²) in [5, 5.41) is -0.176. The molecule has 150 valence electrons. The van der Waals surface area contributed by atoms with Crippen LogP contribution in [0.4, 0.5) is 4.79 Å². The van der Waals surface area contributed by atoms with E-state index in [2.05, 4.69) is 3.77 Å². The van der Waals surface area contributed by atoms with Gasteiger partial charge < -0.3 is 4.74 Å². The summed E-state index contributed by atoms with van der Waals surface area (Å²) in [5.41, 5.74) is 1.84. The molecular formula is C20H24N2O4S2. The van der Waals surface area contributed by atoms with Crippen molar-refractivity contribution in [3.63, 3.8) is 0 Å². The minimum atomic E-state index is -3.90. The van der Waals surface area contributed by atoms with Crippen LogP contribution in [0, 0.1) is 6.92 Å². The van der Waals surface area contributed by atoms with E-state index in [9.17, 15) is 13.2 Å². The molecule has 0 aromatic heterocycles. The molecule has 1 heterocycles. The lowest BCUT2D eigenvalue weighted by molar-refractivity contribution is 0.133. The number of hydrogen-bond acceptors (Lipinski definition) is 4. The van der Waals surface area contributed by atoms with Crippen molar-refractivity contribution in [2.24, 2.45) is 3.77 Å². The van der Waals surface area contributed by atoms with E-state index in [4.69, 9.17) is 4.74 Å². The van der Waals surface area contributed by atoms with E-state index in [0.717, 1.165) is 11.1 Å². The maximum absolute atomic E-state index is 12.8. The third kappa shape index (κ3) is 4.12. The average molecular weight is 421 g/mol. The van der Waals surface area contributed by atoms with E-state index >= 15 is 0 Å². The average Bonchev–Trinajstić information content (AvgIpc) is 2.95. The third-order valence-corrected chi connectivity index (χ3v) is 8.45. The Labute approximate surface area is 168 Å². The van der Waals surface area contributed by atoms with E-state index in [0.29, 0.717) is 0 Å². The van der Waals surface area contributed by atoms with Crippen LogP contribution in [0.25, 0.3) is 0 Å². The van der Waals surface area contributed by atoms with Gasteiger partial charge in [0, 0.05) is 16.1 Å². The molecular weight excluding hydrogens is 396 g/mol. The summed E-state index contributed by atoms with van der Waals surface area (Å²) in [7, 11) is -5.09. The Morgan fingerprint density at radius 1 is 1.07 bits per heavy atom. The van der Waals surface area contributed by atoms with Crippen LogP contribution in [0.1, 0.15) is 38.0 Å². The van der Waals surface area contributed by atoms with Crippen LogP contribution in [0.15, 0.2) is 63.3 Å². The van der Waals surface area contributed by atoms with Gasteiger partial charge in [0.1, 0.15) is 6.10 Å². The van der Waals surface area contributed by atoms with Crippen molar-refractivity contribution in [1.29, 1.82) is 0 Å². The van der Waals surface area contributed by atoms with E-state index in [1.165, 1.54) is 16.4 Å². The van der Waals surface area contributed by atoms with Gasteiger partial charge in [-0.1, -0.05) is 61.9 Å². The molecule has 28 heavy (non-hydrogen) atoms. The van der Waals surface area contributed by atoms with Gasteiger partial charge in [-0.05, 0) is 31.5 Å². The summed E-state index contributed by atoms with van der Waals surface area (Å²) >= 11 is 0. The van der Waals surface area contributed by atoms with Crippen molar-refractivity contribution >= 4 is 27.0 Å². The molecule has 6 nitrogen and oxygen atoms in total. The summed E-state index contributed by atoms with van der Waals surface area (Å²) < 4.78 is 36.9. The lowest BCUT2D eigenvalue weighted by atomic mass is 10.0. The lowest BCUT2D eigenvalue weighted by Crippen LogP contribution is -2.37. The quantitative estimate of drug-likeness (QED) is 0.719. The molecule has 8 heteroatoms. The highest BCUT2D eigenvalue weighted by Gasteiger charge is 2.43. The Kier molecular flexibility index (Phi) is 5.90. The monoisotopic (exact) mass is 420 g/mol. The lowest BCUT2D eigenvalue weighted by Gasteiger charge is -2.25. The third-order valence-electron chi connectivity index (χ3n) is 4.46. The summed E-state index contributed by atoms with van der Waals surface area (Å²) in [6.45, 7) is 7.46. The number of carbonyl (C=O) groups is 1. The van der Waals surface area contributed by atoms with Gasteiger partial charge in [0.25, 0.3) is 10.0 Å². The Balaban J connectivity index is 1.99. The first-order chi connectivity index (χ1) is 13.2. The predicted octanol–water partition coefficient (Wildman–Crippen LogP) is 4.39. The molecule has 0 N–H and O–H groups in total. The molecule has 1 saturated heterocycles. The molecule has 1 aliphatic heterocycles. The molecule has 2 aromatic carbocycles. The van der Waals surface area contributed by atoms with Gasteiger partial charge in [-0.15, -0.1) is 3.77 Å². The van der Waals surface area contributed by atoms with Crippen LogP contribution < -0.4 is 0 Å². The Morgan fingerprint density at radius 3 is 2.25 bits per heavy atom. The Bertz CT molecular complexity index is 987. The molecule has 3 atom stereocenters. The summed E-state index contributed by atoms with van der Waals surface area (Å²) in [4.78, 5) is 12.8. The number of sulfonamides is 1. The fraction of sp³-hybridized carbons (Fsp3) is 0.350. The van der Waals surface area contributed by atoms with Gasteiger partial charge in [0.2, 0.25) is 0 Å². The standard InChI is InChI=1S/C20H24N2O4S2/c1-14(2)27(21-28(24,25)18-12-10-15(3)11-13-18)22-16(4)19(26-20(22)23)17-8-6-5-7-9-17/h5-14,16,19H,1-4H3/t16-,19-,27-/m1/s1. The molecule has 1 aliphatic rings. The number of hydrogen-bond donors (Lipinski definition) is 0. The first kappa shape index (κ1) is 20.5. The summed E-state index contributed by atoms with van der Waals surface area (Å²) in [5.74, 6) is 0. The zero-order valence-electron chi connectivity index (χ0n) is 16.3. The number of benzene rings is 2. The van der Waals surface area contributed by atoms with E-state index in [-0.39, 0.29) is 16.2 Å². The number of amides is 1. The first-order valence-corrected chi connectivity index (χ1v) is 11.7. The molecule has 0 bridgehead atoms. The smallest absolute Gasteiger partial charge is 0.421 e. The van der Waals surface area contributed by atoms with Crippen LogP contribution in [-0.2, 0) is 25.6 Å². The summed E-state index contributed by atoms with van der Waals surface area (Å²) in [6.07, 6.45) is -0.999. The largest absolute Gasteiger partial charge is 0.438 e. The van der Waals surface area contributed by atoms with Crippen LogP contribution in [0.3, 0.4) is 0 Å². The van der Waals surface area contributed by atoms with Gasteiger partial charge in [0.15, 0.2) is 0 Å². The van der Waals surface area contributed by atoms with Crippen molar-refractivity contribution in [3.8, 4) is 0 Å². The van der Waals surface area contributed by atoms with Crippen molar-refractivity contribution in [3.05, 3.63) is 65.7 Å². The molecule has 0 spiro atoms. The molecule has 3 rings (SSSR count). The molecule has 0 radical (unpaired) electrons. The van der Waals surface area contributed by atoms with Gasteiger partial charge in [0.05, 0.1) is 10.9 Å². The van der Waals surface area contributed by atoms with Crippen molar-refractivity contribution < 1.29 is 17.9 Å². The normalized spacial score (nSPS) is 21.2. The minimum absolute atomic E-state index is 0.121. The van der Waals surface area contributed by atoms with Crippen molar-refractivity contribution in [1.82, 2.24) is 4.31 Å².